The van der Waals surface area contributed by atoms with Crippen molar-refractivity contribution in [1.82, 2.24) is 0 Å². The largest absolute Gasteiger partial charge is 0.497 e. The Morgan fingerprint density at radius 3 is 2.68 bits per heavy atom. The Balaban J connectivity index is 2.18. The zero-order valence-electron chi connectivity index (χ0n) is 11.7. The first kappa shape index (κ1) is 13.9. The van der Waals surface area contributed by atoms with Crippen LogP contribution in [0.15, 0.2) is 57.7 Å². The summed E-state index contributed by atoms with van der Waals surface area (Å²) in [6, 6.07) is 12.6. The van der Waals surface area contributed by atoms with Crippen LogP contribution in [-0.4, -0.2) is 18.2 Å². The molecular weight excluding hydrogens is 284 g/mol. The molecular formula is C17H12O5. The summed E-state index contributed by atoms with van der Waals surface area (Å²) in [6.45, 7) is 0. The lowest BCUT2D eigenvalue weighted by Gasteiger charge is -2.05. The second-order valence-corrected chi connectivity index (χ2v) is 4.72. The molecule has 0 atom stereocenters. The van der Waals surface area contributed by atoms with Crippen LogP contribution in [0.25, 0.3) is 22.3 Å². The van der Waals surface area contributed by atoms with Gasteiger partial charge in [-0.15, -0.1) is 0 Å². The molecule has 5 nitrogen and oxygen atoms in total. The Morgan fingerprint density at radius 1 is 1.14 bits per heavy atom. The number of hydrogen-bond donors (Lipinski definition) is 1. The van der Waals surface area contributed by atoms with Crippen LogP contribution in [0, 0.1) is 0 Å². The third kappa shape index (κ3) is 2.44. The van der Waals surface area contributed by atoms with E-state index in [1.165, 1.54) is 25.3 Å². The molecule has 1 heterocycles. The van der Waals surface area contributed by atoms with Crippen molar-refractivity contribution in [1.29, 1.82) is 0 Å². The molecule has 0 fully saturated rings. The molecule has 0 amide bonds. The van der Waals surface area contributed by atoms with Crippen LogP contribution in [0.2, 0.25) is 0 Å². The van der Waals surface area contributed by atoms with E-state index in [2.05, 4.69) is 0 Å². The zero-order valence-corrected chi connectivity index (χ0v) is 11.7. The SMILES string of the molecule is COc1ccc2oc(-c3cccc(C(=O)O)c3)cc(=O)c2c1. The minimum absolute atomic E-state index is 0.134. The summed E-state index contributed by atoms with van der Waals surface area (Å²) in [7, 11) is 1.52. The minimum atomic E-state index is -1.03. The van der Waals surface area contributed by atoms with Crippen molar-refractivity contribution >= 4 is 16.9 Å². The molecule has 1 N–H and O–H groups in total. The van der Waals surface area contributed by atoms with Gasteiger partial charge in [0.2, 0.25) is 0 Å². The van der Waals surface area contributed by atoms with Crippen LogP contribution in [-0.2, 0) is 0 Å². The lowest BCUT2D eigenvalue weighted by atomic mass is 10.1. The van der Waals surface area contributed by atoms with Crippen molar-refractivity contribution in [3.8, 4) is 17.1 Å². The first-order chi connectivity index (χ1) is 10.6. The summed E-state index contributed by atoms with van der Waals surface area (Å²) in [5.74, 6) is -0.138. The number of carboxylic acid groups (broad SMARTS) is 1. The van der Waals surface area contributed by atoms with Gasteiger partial charge in [-0.3, -0.25) is 4.79 Å². The number of ether oxygens (including phenoxy) is 1. The van der Waals surface area contributed by atoms with Gasteiger partial charge in [0, 0.05) is 11.6 Å². The Labute approximate surface area is 125 Å². The maximum Gasteiger partial charge on any atom is 0.335 e. The number of methoxy groups -OCH3 is 1. The van der Waals surface area contributed by atoms with E-state index in [-0.39, 0.29) is 11.0 Å². The highest BCUT2D eigenvalue weighted by Crippen LogP contribution is 2.25. The number of rotatable bonds is 3. The third-order valence-corrected chi connectivity index (χ3v) is 3.33. The Morgan fingerprint density at radius 2 is 1.95 bits per heavy atom. The van der Waals surface area contributed by atoms with Gasteiger partial charge in [0.05, 0.1) is 18.1 Å². The van der Waals surface area contributed by atoms with Gasteiger partial charge in [-0.1, -0.05) is 12.1 Å². The number of carbonyl (C=O) groups is 1. The highest BCUT2D eigenvalue weighted by molar-refractivity contribution is 5.89. The van der Waals surface area contributed by atoms with Crippen LogP contribution in [0.5, 0.6) is 5.75 Å². The molecule has 0 spiro atoms. The molecule has 3 aromatic rings. The van der Waals surface area contributed by atoms with E-state index in [9.17, 15) is 9.59 Å². The Bertz CT molecular complexity index is 924. The van der Waals surface area contributed by atoms with Crippen molar-refractivity contribution in [3.63, 3.8) is 0 Å². The molecule has 0 bridgehead atoms. The maximum absolute atomic E-state index is 12.2. The van der Waals surface area contributed by atoms with Crippen molar-refractivity contribution in [2.45, 2.75) is 0 Å². The van der Waals surface area contributed by atoms with E-state index in [1.807, 2.05) is 0 Å². The van der Waals surface area contributed by atoms with Crippen LogP contribution in [0.4, 0.5) is 0 Å². The minimum Gasteiger partial charge on any atom is -0.497 e. The fourth-order valence-electron chi connectivity index (χ4n) is 2.21. The standard InChI is InChI=1S/C17H12O5/c1-21-12-5-6-15-13(8-12)14(18)9-16(22-15)10-3-2-4-11(7-10)17(19)20/h2-9H,1H3,(H,19,20). The van der Waals surface area contributed by atoms with Crippen LogP contribution >= 0.6 is 0 Å². The van der Waals surface area contributed by atoms with Gasteiger partial charge in [0.1, 0.15) is 17.1 Å². The van der Waals surface area contributed by atoms with Gasteiger partial charge < -0.3 is 14.3 Å². The van der Waals surface area contributed by atoms with Gasteiger partial charge in [-0.25, -0.2) is 4.79 Å². The molecule has 1 aromatic heterocycles. The van der Waals surface area contributed by atoms with Crippen LogP contribution in [0.1, 0.15) is 10.4 Å². The zero-order chi connectivity index (χ0) is 15.7. The van der Waals surface area contributed by atoms with Gasteiger partial charge in [0.25, 0.3) is 0 Å². The number of hydrogen-bond acceptors (Lipinski definition) is 4. The molecule has 0 aliphatic carbocycles. The van der Waals surface area contributed by atoms with E-state index < -0.39 is 5.97 Å². The Kier molecular flexibility index (Phi) is 3.39. The summed E-state index contributed by atoms with van der Waals surface area (Å²) in [6.07, 6.45) is 0. The van der Waals surface area contributed by atoms with E-state index in [4.69, 9.17) is 14.3 Å². The normalized spacial score (nSPS) is 10.6. The average molecular weight is 296 g/mol. The van der Waals surface area contributed by atoms with Crippen molar-refractivity contribution in [2.24, 2.45) is 0 Å². The van der Waals surface area contributed by atoms with Crippen LogP contribution in [0.3, 0.4) is 0 Å². The number of benzene rings is 2. The fraction of sp³-hybridized carbons (Fsp3) is 0.0588. The second kappa shape index (κ2) is 5.37. The highest BCUT2D eigenvalue weighted by atomic mass is 16.5. The molecule has 0 unspecified atom stereocenters. The quantitative estimate of drug-likeness (QED) is 0.803. The molecule has 0 radical (unpaired) electrons. The van der Waals surface area contributed by atoms with E-state index in [0.717, 1.165) is 0 Å². The van der Waals surface area contributed by atoms with Crippen LogP contribution < -0.4 is 10.2 Å². The molecule has 0 saturated carbocycles. The number of carboxylic acids is 1. The fourth-order valence-corrected chi connectivity index (χ4v) is 2.21. The monoisotopic (exact) mass is 296 g/mol. The first-order valence-corrected chi connectivity index (χ1v) is 6.54. The predicted octanol–water partition coefficient (Wildman–Crippen LogP) is 3.17. The molecule has 0 aliphatic rings. The number of fused-ring (bicyclic) bond motifs is 1. The molecule has 0 aliphatic heterocycles. The van der Waals surface area contributed by atoms with Gasteiger partial charge in [-0.2, -0.15) is 0 Å². The van der Waals surface area contributed by atoms with Gasteiger partial charge in [-0.05, 0) is 30.3 Å². The van der Waals surface area contributed by atoms with E-state index in [0.29, 0.717) is 28.0 Å². The lowest BCUT2D eigenvalue weighted by Crippen LogP contribution is -2.01. The molecule has 22 heavy (non-hydrogen) atoms. The van der Waals surface area contributed by atoms with Crippen molar-refractivity contribution < 1.29 is 19.1 Å². The van der Waals surface area contributed by atoms with E-state index >= 15 is 0 Å². The molecule has 2 aromatic carbocycles. The smallest absolute Gasteiger partial charge is 0.335 e. The van der Waals surface area contributed by atoms with Crippen molar-refractivity contribution in [3.05, 3.63) is 64.3 Å². The van der Waals surface area contributed by atoms with Gasteiger partial charge in [0.15, 0.2) is 5.43 Å². The lowest BCUT2D eigenvalue weighted by molar-refractivity contribution is 0.0697. The summed E-state index contributed by atoms with van der Waals surface area (Å²) >= 11 is 0. The van der Waals surface area contributed by atoms with Crippen molar-refractivity contribution in [2.75, 3.05) is 7.11 Å². The predicted molar refractivity (Wildman–Crippen MR) is 81.4 cm³/mol. The average Bonchev–Trinajstić information content (AvgIpc) is 2.54. The third-order valence-electron chi connectivity index (χ3n) is 3.33. The second-order valence-electron chi connectivity index (χ2n) is 4.72. The summed E-state index contributed by atoms with van der Waals surface area (Å²) in [4.78, 5) is 23.3. The maximum atomic E-state index is 12.2. The molecule has 5 heteroatoms. The molecule has 0 saturated heterocycles. The summed E-state index contributed by atoms with van der Waals surface area (Å²) in [5, 5.41) is 9.45. The van der Waals surface area contributed by atoms with E-state index in [1.54, 1.807) is 30.3 Å². The molecule has 110 valence electrons. The topological polar surface area (TPSA) is 76.7 Å². The summed E-state index contributed by atoms with van der Waals surface area (Å²) < 4.78 is 10.8. The molecule has 3 rings (SSSR count). The summed E-state index contributed by atoms with van der Waals surface area (Å²) in [5.41, 5.74) is 0.879. The highest BCUT2D eigenvalue weighted by Gasteiger charge is 2.10. The number of aromatic carboxylic acids is 1. The first-order valence-electron chi connectivity index (χ1n) is 6.54. The Hall–Kier alpha value is -3.08. The van der Waals surface area contributed by atoms with Gasteiger partial charge >= 0.3 is 5.97 Å².